The SMILES string of the molecule is CC(C)N(C)C(=O)Nc1ccc(F)cc1F. The van der Waals surface area contributed by atoms with Crippen LogP contribution in [0, 0.1) is 11.6 Å². The zero-order valence-corrected chi connectivity index (χ0v) is 9.42. The minimum atomic E-state index is -0.787. The van der Waals surface area contributed by atoms with Crippen LogP contribution in [0.4, 0.5) is 19.3 Å². The Morgan fingerprint density at radius 2 is 2.00 bits per heavy atom. The number of carbonyl (C=O) groups excluding carboxylic acids is 1. The van der Waals surface area contributed by atoms with Gasteiger partial charge in [0, 0.05) is 19.2 Å². The predicted octanol–water partition coefficient (Wildman–Crippen LogP) is 2.84. The first kappa shape index (κ1) is 12.4. The monoisotopic (exact) mass is 228 g/mol. The zero-order chi connectivity index (χ0) is 12.3. The number of urea groups is 1. The second kappa shape index (κ2) is 4.92. The Bertz CT molecular complexity index is 394. The van der Waals surface area contributed by atoms with Gasteiger partial charge in [0.1, 0.15) is 11.6 Å². The summed E-state index contributed by atoms with van der Waals surface area (Å²) in [6.45, 7) is 3.67. The van der Waals surface area contributed by atoms with Crippen molar-refractivity contribution >= 4 is 11.7 Å². The summed E-state index contributed by atoms with van der Waals surface area (Å²) in [6, 6.07) is 2.58. The summed E-state index contributed by atoms with van der Waals surface area (Å²) in [4.78, 5) is 13.0. The van der Waals surface area contributed by atoms with E-state index in [4.69, 9.17) is 0 Å². The molecule has 0 aliphatic heterocycles. The van der Waals surface area contributed by atoms with Gasteiger partial charge >= 0.3 is 6.03 Å². The molecule has 0 saturated heterocycles. The molecular weight excluding hydrogens is 214 g/mol. The largest absolute Gasteiger partial charge is 0.325 e. The van der Waals surface area contributed by atoms with Crippen molar-refractivity contribution in [1.29, 1.82) is 0 Å². The lowest BCUT2D eigenvalue weighted by Gasteiger charge is -2.21. The minimum absolute atomic E-state index is 0.00325. The molecule has 2 amide bonds. The van der Waals surface area contributed by atoms with Crippen molar-refractivity contribution in [3.05, 3.63) is 29.8 Å². The summed E-state index contributed by atoms with van der Waals surface area (Å²) in [7, 11) is 1.60. The molecule has 0 unspecified atom stereocenters. The number of nitrogens with one attached hydrogen (secondary N) is 1. The van der Waals surface area contributed by atoms with Crippen molar-refractivity contribution in [3.63, 3.8) is 0 Å². The maximum absolute atomic E-state index is 13.2. The number of carbonyl (C=O) groups is 1. The fourth-order valence-electron chi connectivity index (χ4n) is 1.03. The Morgan fingerprint density at radius 3 is 2.50 bits per heavy atom. The molecule has 0 radical (unpaired) electrons. The molecule has 1 aromatic rings. The molecule has 1 N–H and O–H groups in total. The molecular formula is C11H14F2N2O. The van der Waals surface area contributed by atoms with E-state index >= 15 is 0 Å². The van der Waals surface area contributed by atoms with E-state index in [-0.39, 0.29) is 11.7 Å². The number of hydrogen-bond acceptors (Lipinski definition) is 1. The lowest BCUT2D eigenvalue weighted by Crippen LogP contribution is -2.36. The molecule has 0 fully saturated rings. The predicted molar refractivity (Wildman–Crippen MR) is 58.3 cm³/mol. The molecule has 0 spiro atoms. The molecule has 0 aliphatic carbocycles. The van der Waals surface area contributed by atoms with Crippen molar-refractivity contribution in [2.45, 2.75) is 19.9 Å². The van der Waals surface area contributed by atoms with Crippen LogP contribution in [0.3, 0.4) is 0 Å². The van der Waals surface area contributed by atoms with Crippen LogP contribution in [0.2, 0.25) is 0 Å². The lowest BCUT2D eigenvalue weighted by atomic mass is 10.3. The second-order valence-corrected chi connectivity index (χ2v) is 3.76. The summed E-state index contributed by atoms with van der Waals surface area (Å²) < 4.78 is 25.8. The van der Waals surface area contributed by atoms with Crippen LogP contribution in [0.15, 0.2) is 18.2 Å². The van der Waals surface area contributed by atoms with Gasteiger partial charge < -0.3 is 10.2 Å². The summed E-state index contributed by atoms with van der Waals surface area (Å²) in [5.74, 6) is -1.46. The van der Waals surface area contributed by atoms with Crippen LogP contribution < -0.4 is 5.32 Å². The molecule has 0 saturated carbocycles. The summed E-state index contributed by atoms with van der Waals surface area (Å²) in [5, 5.41) is 2.36. The van der Waals surface area contributed by atoms with Crippen LogP contribution in [0.1, 0.15) is 13.8 Å². The van der Waals surface area contributed by atoms with Gasteiger partial charge in [0.15, 0.2) is 0 Å². The van der Waals surface area contributed by atoms with Gasteiger partial charge in [-0.2, -0.15) is 0 Å². The van der Waals surface area contributed by atoms with Crippen molar-refractivity contribution in [2.75, 3.05) is 12.4 Å². The van der Waals surface area contributed by atoms with Crippen LogP contribution in [-0.4, -0.2) is 24.0 Å². The highest BCUT2D eigenvalue weighted by Gasteiger charge is 2.13. The highest BCUT2D eigenvalue weighted by Crippen LogP contribution is 2.15. The number of amides is 2. The Morgan fingerprint density at radius 1 is 1.38 bits per heavy atom. The second-order valence-electron chi connectivity index (χ2n) is 3.76. The van der Waals surface area contributed by atoms with Gasteiger partial charge in [0.2, 0.25) is 0 Å². The first-order chi connectivity index (χ1) is 7.41. The van der Waals surface area contributed by atoms with E-state index in [0.717, 1.165) is 12.1 Å². The average molecular weight is 228 g/mol. The third kappa shape index (κ3) is 2.92. The van der Waals surface area contributed by atoms with Crippen molar-refractivity contribution in [1.82, 2.24) is 4.90 Å². The number of rotatable bonds is 2. The number of anilines is 1. The molecule has 88 valence electrons. The van der Waals surface area contributed by atoms with Crippen molar-refractivity contribution < 1.29 is 13.6 Å². The minimum Gasteiger partial charge on any atom is -0.325 e. The van der Waals surface area contributed by atoms with E-state index in [1.54, 1.807) is 7.05 Å². The quantitative estimate of drug-likeness (QED) is 0.829. The van der Waals surface area contributed by atoms with Gasteiger partial charge in [-0.3, -0.25) is 0 Å². The highest BCUT2D eigenvalue weighted by molar-refractivity contribution is 5.89. The summed E-state index contributed by atoms with van der Waals surface area (Å²) in [6.07, 6.45) is 0. The molecule has 1 aromatic carbocycles. The molecule has 0 aliphatic rings. The van der Waals surface area contributed by atoms with Crippen LogP contribution >= 0.6 is 0 Å². The van der Waals surface area contributed by atoms with Gasteiger partial charge in [0.05, 0.1) is 5.69 Å². The van der Waals surface area contributed by atoms with Crippen molar-refractivity contribution in [2.24, 2.45) is 0 Å². The van der Waals surface area contributed by atoms with E-state index in [2.05, 4.69) is 5.32 Å². The van der Waals surface area contributed by atoms with Crippen LogP contribution in [0.5, 0.6) is 0 Å². The van der Waals surface area contributed by atoms with Gasteiger partial charge in [-0.05, 0) is 26.0 Å². The number of benzene rings is 1. The topological polar surface area (TPSA) is 32.3 Å². The van der Waals surface area contributed by atoms with E-state index in [9.17, 15) is 13.6 Å². The van der Waals surface area contributed by atoms with Gasteiger partial charge in [-0.25, -0.2) is 13.6 Å². The Kier molecular flexibility index (Phi) is 3.82. The van der Waals surface area contributed by atoms with Gasteiger partial charge in [0.25, 0.3) is 0 Å². The molecule has 0 bridgehead atoms. The Labute approximate surface area is 93.1 Å². The molecule has 0 atom stereocenters. The maximum atomic E-state index is 13.2. The summed E-state index contributed by atoms with van der Waals surface area (Å²) in [5.41, 5.74) is -0.0288. The van der Waals surface area contributed by atoms with Crippen LogP contribution in [-0.2, 0) is 0 Å². The van der Waals surface area contributed by atoms with E-state index < -0.39 is 17.7 Å². The van der Waals surface area contributed by atoms with E-state index in [0.29, 0.717) is 0 Å². The first-order valence-electron chi connectivity index (χ1n) is 4.90. The maximum Gasteiger partial charge on any atom is 0.321 e. The smallest absolute Gasteiger partial charge is 0.321 e. The van der Waals surface area contributed by atoms with E-state index in [1.165, 1.54) is 11.0 Å². The number of halogens is 2. The highest BCUT2D eigenvalue weighted by atomic mass is 19.1. The van der Waals surface area contributed by atoms with Gasteiger partial charge in [-0.15, -0.1) is 0 Å². The molecule has 16 heavy (non-hydrogen) atoms. The third-order valence-corrected chi connectivity index (χ3v) is 2.27. The Hall–Kier alpha value is -1.65. The number of hydrogen-bond donors (Lipinski definition) is 1. The molecule has 1 rings (SSSR count). The third-order valence-electron chi connectivity index (χ3n) is 2.27. The molecule has 0 heterocycles. The Balaban J connectivity index is 2.77. The average Bonchev–Trinajstić information content (AvgIpc) is 2.20. The zero-order valence-electron chi connectivity index (χ0n) is 9.42. The lowest BCUT2D eigenvalue weighted by molar-refractivity contribution is 0.211. The van der Waals surface area contributed by atoms with Gasteiger partial charge in [-0.1, -0.05) is 0 Å². The molecule has 3 nitrogen and oxygen atoms in total. The van der Waals surface area contributed by atoms with E-state index in [1.807, 2.05) is 13.8 Å². The molecule has 0 aromatic heterocycles. The number of nitrogens with zero attached hydrogens (tertiary/aromatic N) is 1. The molecule has 5 heteroatoms. The van der Waals surface area contributed by atoms with Crippen LogP contribution in [0.25, 0.3) is 0 Å². The van der Waals surface area contributed by atoms with Crippen molar-refractivity contribution in [3.8, 4) is 0 Å². The standard InChI is InChI=1S/C11H14F2N2O/c1-7(2)15(3)11(16)14-10-5-4-8(12)6-9(10)13/h4-7H,1-3H3,(H,14,16). The fourth-order valence-corrected chi connectivity index (χ4v) is 1.03. The fraction of sp³-hybridized carbons (Fsp3) is 0.364. The summed E-state index contributed by atoms with van der Waals surface area (Å²) >= 11 is 0. The first-order valence-corrected chi connectivity index (χ1v) is 4.90. The normalized spacial score (nSPS) is 10.4.